The molecule has 20 heavy (non-hydrogen) atoms. The van der Waals surface area contributed by atoms with Gasteiger partial charge < -0.3 is 15.2 Å². The van der Waals surface area contributed by atoms with E-state index in [1.54, 1.807) is 0 Å². The molecule has 2 rings (SSSR count). The van der Waals surface area contributed by atoms with Crippen LogP contribution in [0.2, 0.25) is 0 Å². The average Bonchev–Trinajstić information content (AvgIpc) is 2.41. The number of hydrogen-bond donors (Lipinski definition) is 2. The summed E-state index contributed by atoms with van der Waals surface area (Å²) in [5.74, 6) is -0.787. The quantitative estimate of drug-likeness (QED) is 0.834. The van der Waals surface area contributed by atoms with Crippen LogP contribution in [0.25, 0.3) is 0 Å². The van der Waals surface area contributed by atoms with E-state index in [2.05, 4.69) is 12.2 Å². The van der Waals surface area contributed by atoms with Gasteiger partial charge in [-0.3, -0.25) is 4.79 Å². The highest BCUT2D eigenvalue weighted by Gasteiger charge is 2.20. The molecule has 1 amide bonds. The van der Waals surface area contributed by atoms with E-state index in [4.69, 9.17) is 4.74 Å². The van der Waals surface area contributed by atoms with Crippen molar-refractivity contribution < 1.29 is 19.0 Å². The van der Waals surface area contributed by atoms with E-state index in [0.717, 1.165) is 19.3 Å². The molecule has 0 spiro atoms. The number of phenols is 1. The van der Waals surface area contributed by atoms with Gasteiger partial charge in [-0.25, -0.2) is 4.39 Å². The second-order valence-electron chi connectivity index (χ2n) is 5.39. The van der Waals surface area contributed by atoms with Crippen molar-refractivity contribution in [3.63, 3.8) is 0 Å². The van der Waals surface area contributed by atoms with E-state index < -0.39 is 11.7 Å². The minimum atomic E-state index is -0.662. The van der Waals surface area contributed by atoms with Crippen LogP contribution in [0.3, 0.4) is 0 Å². The summed E-state index contributed by atoms with van der Waals surface area (Å²) in [5, 5.41) is 11.8. The van der Waals surface area contributed by atoms with Gasteiger partial charge in [0.1, 0.15) is 18.0 Å². The number of amides is 1. The smallest absolute Gasteiger partial charge is 0.250 e. The monoisotopic (exact) mass is 281 g/mol. The molecule has 110 valence electrons. The largest absolute Gasteiger partial charge is 0.506 e. The van der Waals surface area contributed by atoms with E-state index >= 15 is 0 Å². The lowest BCUT2D eigenvalue weighted by atomic mass is 9.89. The van der Waals surface area contributed by atoms with Crippen LogP contribution in [0.5, 0.6) is 5.75 Å². The van der Waals surface area contributed by atoms with Crippen molar-refractivity contribution in [1.82, 2.24) is 0 Å². The SMILES string of the molecule is C[C@H]1CCC[C@@H](OCC(=O)Nc2c(O)cccc2F)C1. The lowest BCUT2D eigenvalue weighted by Crippen LogP contribution is -2.27. The predicted octanol–water partition coefficient (Wildman–Crippen LogP) is 3.07. The fraction of sp³-hybridized carbons (Fsp3) is 0.533. The van der Waals surface area contributed by atoms with Crippen molar-refractivity contribution in [2.75, 3.05) is 11.9 Å². The van der Waals surface area contributed by atoms with Crippen molar-refractivity contribution in [3.8, 4) is 5.75 Å². The van der Waals surface area contributed by atoms with Gasteiger partial charge in [0, 0.05) is 0 Å². The van der Waals surface area contributed by atoms with Crippen LogP contribution in [-0.2, 0) is 9.53 Å². The molecule has 1 aliphatic rings. The summed E-state index contributed by atoms with van der Waals surface area (Å²) in [6, 6.07) is 3.88. The third kappa shape index (κ3) is 3.93. The summed E-state index contributed by atoms with van der Waals surface area (Å²) in [4.78, 5) is 11.7. The van der Waals surface area contributed by atoms with E-state index in [-0.39, 0.29) is 24.1 Å². The molecule has 1 aromatic carbocycles. The third-order valence-corrected chi connectivity index (χ3v) is 3.59. The lowest BCUT2D eigenvalue weighted by molar-refractivity contribution is -0.123. The van der Waals surface area contributed by atoms with E-state index in [9.17, 15) is 14.3 Å². The Morgan fingerprint density at radius 2 is 2.30 bits per heavy atom. The van der Waals surface area contributed by atoms with E-state index in [1.165, 1.54) is 24.6 Å². The number of anilines is 1. The highest BCUT2D eigenvalue weighted by atomic mass is 19.1. The van der Waals surface area contributed by atoms with Crippen LogP contribution in [-0.4, -0.2) is 23.7 Å². The first-order valence-electron chi connectivity index (χ1n) is 6.95. The summed E-state index contributed by atoms with van der Waals surface area (Å²) in [7, 11) is 0. The van der Waals surface area contributed by atoms with Gasteiger partial charge in [-0.05, 0) is 30.9 Å². The number of rotatable bonds is 4. The van der Waals surface area contributed by atoms with Crippen molar-refractivity contribution >= 4 is 11.6 Å². The summed E-state index contributed by atoms with van der Waals surface area (Å²) in [5.41, 5.74) is -0.196. The molecular weight excluding hydrogens is 261 g/mol. The Kier molecular flexibility index (Phi) is 4.95. The number of carbonyl (C=O) groups excluding carboxylic acids is 1. The summed E-state index contributed by atoms with van der Waals surface area (Å²) in [6.07, 6.45) is 4.33. The van der Waals surface area contributed by atoms with Gasteiger partial charge in [-0.1, -0.05) is 25.8 Å². The second kappa shape index (κ2) is 6.70. The first-order chi connectivity index (χ1) is 9.56. The van der Waals surface area contributed by atoms with Crippen LogP contribution >= 0.6 is 0 Å². The molecule has 1 aliphatic carbocycles. The Bertz CT molecular complexity index is 458. The molecule has 0 radical (unpaired) electrons. The summed E-state index contributed by atoms with van der Waals surface area (Å²) >= 11 is 0. The maximum Gasteiger partial charge on any atom is 0.250 e. The maximum absolute atomic E-state index is 13.4. The van der Waals surface area contributed by atoms with Crippen molar-refractivity contribution in [1.29, 1.82) is 0 Å². The molecular formula is C15H20FNO3. The van der Waals surface area contributed by atoms with Crippen LogP contribution in [0.4, 0.5) is 10.1 Å². The number of para-hydroxylation sites is 1. The van der Waals surface area contributed by atoms with Crippen molar-refractivity contribution in [2.24, 2.45) is 5.92 Å². The van der Waals surface area contributed by atoms with Gasteiger partial charge in [0.05, 0.1) is 6.10 Å². The lowest BCUT2D eigenvalue weighted by Gasteiger charge is -2.26. The fourth-order valence-electron chi connectivity index (χ4n) is 2.54. The zero-order chi connectivity index (χ0) is 14.5. The van der Waals surface area contributed by atoms with Crippen LogP contribution in [0.1, 0.15) is 32.6 Å². The van der Waals surface area contributed by atoms with E-state index in [1.807, 2.05) is 0 Å². The predicted molar refractivity (Wildman–Crippen MR) is 74.1 cm³/mol. The number of benzene rings is 1. The molecule has 0 unspecified atom stereocenters. The topological polar surface area (TPSA) is 58.6 Å². The average molecular weight is 281 g/mol. The molecule has 0 heterocycles. The molecule has 2 N–H and O–H groups in total. The van der Waals surface area contributed by atoms with Crippen molar-refractivity contribution in [3.05, 3.63) is 24.0 Å². The maximum atomic E-state index is 13.4. The molecule has 1 fully saturated rings. The first kappa shape index (κ1) is 14.8. The second-order valence-corrected chi connectivity index (χ2v) is 5.39. The first-order valence-corrected chi connectivity index (χ1v) is 6.95. The van der Waals surface area contributed by atoms with Gasteiger partial charge in [-0.2, -0.15) is 0 Å². The molecule has 1 saturated carbocycles. The van der Waals surface area contributed by atoms with E-state index in [0.29, 0.717) is 5.92 Å². The standard InChI is InChI=1S/C15H20FNO3/c1-10-4-2-5-11(8-10)20-9-14(19)17-15-12(16)6-3-7-13(15)18/h3,6-7,10-11,18H,2,4-5,8-9H2,1H3,(H,17,19)/t10-,11+/m0/s1. The molecule has 5 heteroatoms. The Morgan fingerprint density at radius 1 is 1.50 bits per heavy atom. The van der Waals surface area contributed by atoms with Crippen LogP contribution in [0.15, 0.2) is 18.2 Å². The normalized spacial score (nSPS) is 22.5. The molecule has 0 saturated heterocycles. The molecule has 1 aromatic rings. The molecule has 0 bridgehead atoms. The number of phenolic OH excluding ortho intramolecular Hbond substituents is 1. The van der Waals surface area contributed by atoms with Crippen LogP contribution in [0, 0.1) is 11.7 Å². The Morgan fingerprint density at radius 3 is 3.00 bits per heavy atom. The number of ether oxygens (including phenoxy) is 1. The Balaban J connectivity index is 1.83. The van der Waals surface area contributed by atoms with Gasteiger partial charge in [0.2, 0.25) is 0 Å². The van der Waals surface area contributed by atoms with Gasteiger partial charge in [0.25, 0.3) is 5.91 Å². The zero-order valence-electron chi connectivity index (χ0n) is 11.6. The van der Waals surface area contributed by atoms with Gasteiger partial charge in [-0.15, -0.1) is 0 Å². The molecule has 0 aromatic heterocycles. The van der Waals surface area contributed by atoms with Crippen LogP contribution < -0.4 is 5.32 Å². The number of carbonyl (C=O) groups is 1. The molecule has 4 nitrogen and oxygen atoms in total. The minimum absolute atomic E-state index is 0.0960. The number of aromatic hydroxyl groups is 1. The van der Waals surface area contributed by atoms with Gasteiger partial charge in [0.15, 0.2) is 5.82 Å². The van der Waals surface area contributed by atoms with Crippen molar-refractivity contribution in [2.45, 2.75) is 38.7 Å². The molecule has 0 aliphatic heterocycles. The summed E-state index contributed by atoms with van der Waals surface area (Å²) in [6.45, 7) is 2.05. The molecule has 2 atom stereocenters. The number of halogens is 1. The number of hydrogen-bond acceptors (Lipinski definition) is 3. The summed E-state index contributed by atoms with van der Waals surface area (Å²) < 4.78 is 19.0. The highest BCUT2D eigenvalue weighted by molar-refractivity contribution is 5.93. The fourth-order valence-corrected chi connectivity index (χ4v) is 2.54. The Hall–Kier alpha value is -1.62. The minimum Gasteiger partial charge on any atom is -0.506 e. The number of nitrogens with one attached hydrogen (secondary N) is 1. The highest BCUT2D eigenvalue weighted by Crippen LogP contribution is 2.27. The third-order valence-electron chi connectivity index (χ3n) is 3.59. The Labute approximate surface area is 117 Å². The zero-order valence-corrected chi connectivity index (χ0v) is 11.6. The van der Waals surface area contributed by atoms with Gasteiger partial charge >= 0.3 is 0 Å².